The van der Waals surface area contributed by atoms with Crippen molar-refractivity contribution in [2.24, 2.45) is 5.73 Å². The molecule has 0 fully saturated rings. The smallest absolute Gasteiger partial charge is 0.303 e. The van der Waals surface area contributed by atoms with Gasteiger partial charge in [-0.2, -0.15) is 0 Å². The molecule has 0 amide bonds. The Morgan fingerprint density at radius 3 is 2.44 bits per heavy atom. The van der Waals surface area contributed by atoms with Crippen molar-refractivity contribution in [3.8, 4) is 0 Å². The summed E-state index contributed by atoms with van der Waals surface area (Å²) >= 11 is 0. The zero-order chi connectivity index (χ0) is 7.49. The molecule has 0 saturated heterocycles. The van der Waals surface area contributed by atoms with Crippen LogP contribution < -0.4 is 5.73 Å². The van der Waals surface area contributed by atoms with Crippen molar-refractivity contribution < 1.29 is 14.3 Å². The van der Waals surface area contributed by atoms with Gasteiger partial charge in [0, 0.05) is 12.8 Å². The van der Waals surface area contributed by atoms with E-state index in [0.717, 1.165) is 6.92 Å². The molecule has 54 valence electrons. The van der Waals surface area contributed by atoms with E-state index in [0.29, 0.717) is 0 Å². The number of rotatable bonds is 3. The van der Waals surface area contributed by atoms with E-state index in [1.54, 1.807) is 0 Å². The lowest BCUT2D eigenvalue weighted by Crippen LogP contribution is -2.30. The zero-order valence-electron chi connectivity index (χ0n) is 5.22. The normalized spacial score (nSPS) is 16.8. The van der Waals surface area contributed by atoms with Gasteiger partial charge in [0.05, 0.1) is 0 Å². The molecule has 4 heteroatoms. The van der Waals surface area contributed by atoms with Crippen molar-refractivity contribution in [1.82, 2.24) is 0 Å². The van der Waals surface area contributed by atoms with E-state index >= 15 is 0 Å². The maximum Gasteiger partial charge on any atom is 0.303 e. The Morgan fingerprint density at radius 2 is 2.33 bits per heavy atom. The fourth-order valence-electron chi connectivity index (χ4n) is 0.351. The number of carboxylic acid groups (broad SMARTS) is 1. The third-order valence-electron chi connectivity index (χ3n) is 0.828. The highest BCUT2D eigenvalue weighted by Gasteiger charge is 2.16. The maximum absolute atomic E-state index is 12.3. The summed E-state index contributed by atoms with van der Waals surface area (Å²) < 4.78 is 12.3. The molecule has 0 bridgehead atoms. The summed E-state index contributed by atoms with van der Waals surface area (Å²) in [4.78, 5) is 9.82. The van der Waals surface area contributed by atoms with Crippen molar-refractivity contribution in [1.29, 1.82) is 0 Å². The number of alkyl halides is 1. The minimum atomic E-state index is -1.85. The molecule has 0 aromatic rings. The van der Waals surface area contributed by atoms with Crippen LogP contribution >= 0.6 is 0 Å². The SMILES string of the molecule is CC(N)(F)CCC(=O)O. The van der Waals surface area contributed by atoms with Crippen LogP contribution in [-0.2, 0) is 4.79 Å². The highest BCUT2D eigenvalue weighted by Crippen LogP contribution is 2.08. The number of nitrogens with two attached hydrogens (primary N) is 1. The second-order valence-corrected chi connectivity index (χ2v) is 2.17. The first-order valence-corrected chi connectivity index (χ1v) is 2.61. The summed E-state index contributed by atoms with van der Waals surface area (Å²) in [5, 5.41) is 8.05. The molecule has 3 nitrogen and oxygen atoms in total. The van der Waals surface area contributed by atoms with Crippen LogP contribution in [0.3, 0.4) is 0 Å². The first-order valence-electron chi connectivity index (χ1n) is 2.61. The van der Waals surface area contributed by atoms with Gasteiger partial charge in [0.15, 0.2) is 5.79 Å². The van der Waals surface area contributed by atoms with E-state index in [1.807, 2.05) is 0 Å². The largest absolute Gasteiger partial charge is 0.481 e. The van der Waals surface area contributed by atoms with E-state index < -0.39 is 11.8 Å². The Balaban J connectivity index is 3.39. The molecular formula is C5H10FNO2. The number of hydrogen-bond acceptors (Lipinski definition) is 2. The van der Waals surface area contributed by atoms with Crippen molar-refractivity contribution in [3.05, 3.63) is 0 Å². The fourth-order valence-corrected chi connectivity index (χ4v) is 0.351. The van der Waals surface area contributed by atoms with Crippen LogP contribution in [0.15, 0.2) is 0 Å². The molecule has 0 saturated carbocycles. The molecule has 0 aliphatic carbocycles. The predicted octanol–water partition coefficient (Wildman–Crippen LogP) is 0.496. The van der Waals surface area contributed by atoms with Gasteiger partial charge in [-0.15, -0.1) is 0 Å². The van der Waals surface area contributed by atoms with Crippen LogP contribution in [0.2, 0.25) is 0 Å². The van der Waals surface area contributed by atoms with Gasteiger partial charge in [-0.1, -0.05) is 0 Å². The lowest BCUT2D eigenvalue weighted by Gasteiger charge is -2.10. The lowest BCUT2D eigenvalue weighted by molar-refractivity contribution is -0.137. The van der Waals surface area contributed by atoms with Gasteiger partial charge in [-0.3, -0.25) is 10.5 Å². The molecule has 0 rings (SSSR count). The molecule has 9 heavy (non-hydrogen) atoms. The highest BCUT2D eigenvalue weighted by atomic mass is 19.1. The van der Waals surface area contributed by atoms with Gasteiger partial charge >= 0.3 is 5.97 Å². The third kappa shape index (κ3) is 7.36. The van der Waals surface area contributed by atoms with Gasteiger partial charge in [-0.05, 0) is 6.92 Å². The first-order chi connectivity index (χ1) is 3.92. The number of hydrogen-bond donors (Lipinski definition) is 2. The summed E-state index contributed by atoms with van der Waals surface area (Å²) in [6.07, 6.45) is -0.355. The Kier molecular flexibility index (Phi) is 2.58. The summed E-state index contributed by atoms with van der Waals surface area (Å²) in [7, 11) is 0. The quantitative estimate of drug-likeness (QED) is 0.554. The molecule has 0 aliphatic heterocycles. The molecule has 0 aliphatic rings. The molecule has 1 unspecified atom stereocenters. The molecule has 0 spiro atoms. The molecular weight excluding hydrogens is 125 g/mol. The van der Waals surface area contributed by atoms with Crippen molar-refractivity contribution in [2.75, 3.05) is 0 Å². The molecule has 1 atom stereocenters. The van der Waals surface area contributed by atoms with Gasteiger partial charge < -0.3 is 5.11 Å². The van der Waals surface area contributed by atoms with Crippen molar-refractivity contribution in [2.45, 2.75) is 25.6 Å². The first kappa shape index (κ1) is 8.36. The standard InChI is InChI=1S/C5H10FNO2/c1-5(6,7)3-2-4(8)9/h2-3,7H2,1H3,(H,8,9). The maximum atomic E-state index is 12.3. The van der Waals surface area contributed by atoms with Crippen LogP contribution in [0.5, 0.6) is 0 Å². The van der Waals surface area contributed by atoms with E-state index in [-0.39, 0.29) is 12.8 Å². The lowest BCUT2D eigenvalue weighted by atomic mass is 10.2. The second-order valence-electron chi connectivity index (χ2n) is 2.17. The summed E-state index contributed by atoms with van der Waals surface area (Å²) in [5.74, 6) is -2.87. The Labute approximate surface area is 52.7 Å². The number of carbonyl (C=O) groups is 1. The van der Waals surface area contributed by atoms with Gasteiger partial charge in [-0.25, -0.2) is 4.39 Å². The minimum Gasteiger partial charge on any atom is -0.481 e. The minimum absolute atomic E-state index is 0.137. The Bertz CT molecular complexity index is 108. The predicted molar refractivity (Wildman–Crippen MR) is 30.6 cm³/mol. The Hall–Kier alpha value is -0.640. The van der Waals surface area contributed by atoms with Crippen LogP contribution in [0, 0.1) is 0 Å². The second kappa shape index (κ2) is 2.77. The van der Waals surface area contributed by atoms with Gasteiger partial charge in [0.1, 0.15) is 0 Å². The highest BCUT2D eigenvalue weighted by molar-refractivity contribution is 5.66. The Morgan fingerprint density at radius 1 is 1.89 bits per heavy atom. The monoisotopic (exact) mass is 135 g/mol. The zero-order valence-corrected chi connectivity index (χ0v) is 5.22. The van der Waals surface area contributed by atoms with E-state index in [9.17, 15) is 9.18 Å². The summed E-state index contributed by atoms with van der Waals surface area (Å²) in [6.45, 7) is 1.15. The van der Waals surface area contributed by atoms with Crippen LogP contribution in [0.25, 0.3) is 0 Å². The number of aliphatic carboxylic acids is 1. The van der Waals surface area contributed by atoms with Crippen LogP contribution in [0.1, 0.15) is 19.8 Å². The fraction of sp³-hybridized carbons (Fsp3) is 0.800. The molecule has 0 heterocycles. The van der Waals surface area contributed by atoms with Crippen LogP contribution in [0.4, 0.5) is 4.39 Å². The topological polar surface area (TPSA) is 63.3 Å². The van der Waals surface area contributed by atoms with E-state index in [2.05, 4.69) is 0 Å². The third-order valence-corrected chi connectivity index (χ3v) is 0.828. The average molecular weight is 135 g/mol. The molecule has 0 aromatic heterocycles. The number of halogens is 1. The summed E-state index contributed by atoms with van der Waals surface area (Å²) in [6, 6.07) is 0. The number of carboxylic acids is 1. The average Bonchev–Trinajstić information content (AvgIpc) is 1.59. The van der Waals surface area contributed by atoms with Crippen molar-refractivity contribution >= 4 is 5.97 Å². The van der Waals surface area contributed by atoms with Gasteiger partial charge in [0.2, 0.25) is 0 Å². The van der Waals surface area contributed by atoms with E-state index in [4.69, 9.17) is 10.8 Å². The van der Waals surface area contributed by atoms with Gasteiger partial charge in [0.25, 0.3) is 0 Å². The molecule has 0 aromatic carbocycles. The summed E-state index contributed by atoms with van der Waals surface area (Å²) in [5.41, 5.74) is 4.85. The molecule has 3 N–H and O–H groups in total. The molecule has 0 radical (unpaired) electrons. The van der Waals surface area contributed by atoms with E-state index in [1.165, 1.54) is 0 Å². The van der Waals surface area contributed by atoms with Crippen LogP contribution in [-0.4, -0.2) is 16.9 Å². The van der Waals surface area contributed by atoms with Crippen molar-refractivity contribution in [3.63, 3.8) is 0 Å².